The average molecular weight is 302 g/mol. The molecule has 1 fully saturated rings. The number of unbranched alkanes of at least 4 members (excludes halogenated alkanes) is 1. The summed E-state index contributed by atoms with van der Waals surface area (Å²) in [5.74, 6) is -0.0561. The second-order valence-electron chi connectivity index (χ2n) is 6.27. The van der Waals surface area contributed by atoms with E-state index in [0.29, 0.717) is 19.5 Å². The van der Waals surface area contributed by atoms with E-state index in [0.717, 1.165) is 19.3 Å². The van der Waals surface area contributed by atoms with Crippen molar-refractivity contribution in [1.29, 1.82) is 0 Å². The number of aryl methyl sites for hydroxylation is 1. The molecule has 1 N–H and O–H groups in total. The molecule has 1 aromatic carbocycles. The monoisotopic (exact) mass is 302 g/mol. The van der Waals surface area contributed by atoms with Gasteiger partial charge in [-0.25, -0.2) is 0 Å². The molecule has 0 unspecified atom stereocenters. The molecule has 120 valence electrons. The van der Waals surface area contributed by atoms with Gasteiger partial charge in [0.2, 0.25) is 11.8 Å². The Kier molecular flexibility index (Phi) is 5.99. The number of rotatable bonds is 7. The Labute approximate surface area is 132 Å². The minimum atomic E-state index is -0.177. The van der Waals surface area contributed by atoms with Crippen LogP contribution in [0.15, 0.2) is 30.3 Å². The predicted molar refractivity (Wildman–Crippen MR) is 87.3 cm³/mol. The zero-order valence-electron chi connectivity index (χ0n) is 13.5. The van der Waals surface area contributed by atoms with Crippen molar-refractivity contribution < 1.29 is 9.59 Å². The van der Waals surface area contributed by atoms with Gasteiger partial charge in [-0.1, -0.05) is 30.3 Å². The number of nitrogens with zero attached hydrogens (tertiary/aromatic N) is 1. The van der Waals surface area contributed by atoms with Gasteiger partial charge in [-0.3, -0.25) is 9.59 Å². The summed E-state index contributed by atoms with van der Waals surface area (Å²) in [7, 11) is 0. The summed E-state index contributed by atoms with van der Waals surface area (Å²) in [4.78, 5) is 25.7. The molecular formula is C18H26N2O2. The Bertz CT molecular complexity index is 499. The Hall–Kier alpha value is -1.84. The van der Waals surface area contributed by atoms with Gasteiger partial charge in [-0.2, -0.15) is 0 Å². The molecule has 0 aliphatic carbocycles. The van der Waals surface area contributed by atoms with Gasteiger partial charge in [0, 0.05) is 25.6 Å². The smallest absolute Gasteiger partial charge is 0.225 e. The largest absolute Gasteiger partial charge is 0.356 e. The molecule has 1 aliphatic rings. The summed E-state index contributed by atoms with van der Waals surface area (Å²) >= 11 is 0. The third kappa shape index (κ3) is 4.58. The number of hydrogen-bond donors (Lipinski definition) is 1. The van der Waals surface area contributed by atoms with Crippen molar-refractivity contribution in [3.8, 4) is 0 Å². The molecule has 0 radical (unpaired) electrons. The number of hydrogen-bond acceptors (Lipinski definition) is 2. The van der Waals surface area contributed by atoms with Gasteiger partial charge < -0.3 is 10.2 Å². The minimum Gasteiger partial charge on any atom is -0.356 e. The zero-order valence-corrected chi connectivity index (χ0v) is 13.5. The lowest BCUT2D eigenvalue weighted by atomic mass is 10.1. The van der Waals surface area contributed by atoms with Gasteiger partial charge in [0.15, 0.2) is 0 Å². The van der Waals surface area contributed by atoms with Gasteiger partial charge in [0.25, 0.3) is 0 Å². The summed E-state index contributed by atoms with van der Waals surface area (Å²) in [5.41, 5.74) is 1.34. The lowest BCUT2D eigenvalue weighted by molar-refractivity contribution is -0.129. The van der Waals surface area contributed by atoms with Crippen molar-refractivity contribution in [1.82, 2.24) is 10.2 Å². The van der Waals surface area contributed by atoms with E-state index in [1.165, 1.54) is 5.56 Å². The number of carbonyl (C=O) groups excluding carboxylic acids is 2. The number of nitrogens with one attached hydrogen (secondary N) is 1. The van der Waals surface area contributed by atoms with Crippen LogP contribution < -0.4 is 5.32 Å². The number of carbonyl (C=O) groups is 2. The summed E-state index contributed by atoms with van der Waals surface area (Å²) in [5, 5.41) is 2.97. The minimum absolute atomic E-state index is 0.0243. The van der Waals surface area contributed by atoms with E-state index >= 15 is 0 Å². The topological polar surface area (TPSA) is 49.4 Å². The Morgan fingerprint density at radius 3 is 2.64 bits per heavy atom. The second-order valence-corrected chi connectivity index (χ2v) is 6.27. The lowest BCUT2D eigenvalue weighted by Gasteiger charge is -2.20. The van der Waals surface area contributed by atoms with Crippen molar-refractivity contribution in [3.05, 3.63) is 35.9 Å². The first kappa shape index (κ1) is 16.5. The van der Waals surface area contributed by atoms with Crippen molar-refractivity contribution in [2.75, 3.05) is 13.1 Å². The fraction of sp³-hybridized carbons (Fsp3) is 0.556. The zero-order chi connectivity index (χ0) is 15.9. The number of likely N-dealkylation sites (tertiary alicyclic amines) is 1. The molecule has 1 aromatic rings. The van der Waals surface area contributed by atoms with Gasteiger partial charge >= 0.3 is 0 Å². The highest BCUT2D eigenvalue weighted by atomic mass is 16.2. The molecule has 22 heavy (non-hydrogen) atoms. The SMILES string of the molecule is CC(C)N1C[C@@H](C(=O)NCCCCc2ccccc2)CC1=O. The van der Waals surface area contributed by atoms with Crippen LogP contribution in [-0.4, -0.2) is 35.8 Å². The maximum absolute atomic E-state index is 12.1. The molecule has 1 heterocycles. The highest BCUT2D eigenvalue weighted by molar-refractivity contribution is 5.89. The Morgan fingerprint density at radius 1 is 1.27 bits per heavy atom. The summed E-state index contributed by atoms with van der Waals surface area (Å²) < 4.78 is 0. The van der Waals surface area contributed by atoms with Crippen molar-refractivity contribution >= 4 is 11.8 Å². The molecule has 4 heteroatoms. The number of amides is 2. The van der Waals surface area contributed by atoms with Crippen LogP contribution in [0.25, 0.3) is 0 Å². The number of benzene rings is 1. The van der Waals surface area contributed by atoms with Crippen molar-refractivity contribution in [2.45, 2.75) is 45.6 Å². The van der Waals surface area contributed by atoms with E-state index in [4.69, 9.17) is 0 Å². The second kappa shape index (κ2) is 7.97. The van der Waals surface area contributed by atoms with Gasteiger partial charge in [0.1, 0.15) is 0 Å². The Morgan fingerprint density at radius 2 is 2.00 bits per heavy atom. The first-order chi connectivity index (χ1) is 10.6. The van der Waals surface area contributed by atoms with Crippen molar-refractivity contribution in [3.63, 3.8) is 0 Å². The third-order valence-corrected chi connectivity index (χ3v) is 4.19. The van der Waals surface area contributed by atoms with Crippen LogP contribution in [0.1, 0.15) is 38.7 Å². The third-order valence-electron chi connectivity index (χ3n) is 4.19. The first-order valence-corrected chi connectivity index (χ1v) is 8.19. The molecule has 0 aromatic heterocycles. The molecule has 0 saturated carbocycles. The van der Waals surface area contributed by atoms with Crippen LogP contribution in [0.3, 0.4) is 0 Å². The van der Waals surface area contributed by atoms with E-state index < -0.39 is 0 Å². The standard InChI is InChI=1S/C18H26N2O2/c1-14(2)20-13-16(12-17(20)21)18(22)19-11-7-6-10-15-8-4-3-5-9-15/h3-5,8-9,14,16H,6-7,10-13H2,1-2H3,(H,19,22)/t16-/m0/s1. The molecule has 1 aliphatic heterocycles. The fourth-order valence-electron chi connectivity index (χ4n) is 2.86. The molecule has 2 amide bonds. The van der Waals surface area contributed by atoms with Crippen LogP contribution in [0.5, 0.6) is 0 Å². The predicted octanol–water partition coefficient (Wildman–Crippen LogP) is 2.38. The van der Waals surface area contributed by atoms with Gasteiger partial charge in [0.05, 0.1) is 5.92 Å². The highest BCUT2D eigenvalue weighted by Crippen LogP contribution is 2.20. The Balaban J connectivity index is 1.63. The molecule has 0 bridgehead atoms. The van der Waals surface area contributed by atoms with E-state index in [2.05, 4.69) is 29.6 Å². The van der Waals surface area contributed by atoms with E-state index in [1.807, 2.05) is 19.9 Å². The molecule has 2 rings (SSSR count). The van der Waals surface area contributed by atoms with Gasteiger partial charge in [-0.15, -0.1) is 0 Å². The van der Waals surface area contributed by atoms with Crippen LogP contribution >= 0.6 is 0 Å². The summed E-state index contributed by atoms with van der Waals surface area (Å²) in [6, 6.07) is 10.6. The highest BCUT2D eigenvalue weighted by Gasteiger charge is 2.35. The molecule has 4 nitrogen and oxygen atoms in total. The maximum atomic E-state index is 12.1. The van der Waals surface area contributed by atoms with E-state index in [9.17, 15) is 9.59 Å². The van der Waals surface area contributed by atoms with Crippen LogP contribution in [0.4, 0.5) is 0 Å². The van der Waals surface area contributed by atoms with E-state index in [1.54, 1.807) is 4.90 Å². The maximum Gasteiger partial charge on any atom is 0.225 e. The van der Waals surface area contributed by atoms with Crippen LogP contribution in [0.2, 0.25) is 0 Å². The first-order valence-electron chi connectivity index (χ1n) is 8.19. The molecule has 1 saturated heterocycles. The lowest BCUT2D eigenvalue weighted by Crippen LogP contribution is -2.35. The summed E-state index contributed by atoms with van der Waals surface area (Å²) in [6.45, 7) is 5.23. The van der Waals surface area contributed by atoms with Crippen LogP contribution in [0, 0.1) is 5.92 Å². The molecule has 1 atom stereocenters. The van der Waals surface area contributed by atoms with Crippen molar-refractivity contribution in [2.24, 2.45) is 5.92 Å². The normalized spacial score (nSPS) is 18.0. The van der Waals surface area contributed by atoms with E-state index in [-0.39, 0.29) is 23.8 Å². The average Bonchev–Trinajstić information content (AvgIpc) is 2.90. The quantitative estimate of drug-likeness (QED) is 0.786. The fourth-order valence-corrected chi connectivity index (χ4v) is 2.86. The van der Waals surface area contributed by atoms with Crippen LogP contribution in [-0.2, 0) is 16.0 Å². The molecular weight excluding hydrogens is 276 g/mol. The summed E-state index contributed by atoms with van der Waals surface area (Å²) in [6.07, 6.45) is 3.43. The van der Waals surface area contributed by atoms with Gasteiger partial charge in [-0.05, 0) is 38.7 Å². The molecule has 0 spiro atoms.